The van der Waals surface area contributed by atoms with E-state index in [-0.39, 0.29) is 5.82 Å². The smallest absolute Gasteiger partial charge is 0.147 e. The van der Waals surface area contributed by atoms with Gasteiger partial charge < -0.3 is 10.2 Å². The lowest BCUT2D eigenvalue weighted by Crippen LogP contribution is -2.45. The van der Waals surface area contributed by atoms with E-state index in [1.54, 1.807) is 18.3 Å². The fourth-order valence-corrected chi connectivity index (χ4v) is 2.95. The highest BCUT2D eigenvalue weighted by atomic mass is 19.1. The maximum absolute atomic E-state index is 14.2. The van der Waals surface area contributed by atoms with Gasteiger partial charge in [0, 0.05) is 31.9 Å². The average molecular weight is 310 g/mol. The van der Waals surface area contributed by atoms with Crippen LogP contribution in [0.4, 0.5) is 10.1 Å². The van der Waals surface area contributed by atoms with Crippen molar-refractivity contribution in [1.29, 1.82) is 5.26 Å². The first-order valence-electron chi connectivity index (χ1n) is 7.84. The third-order valence-electron chi connectivity index (χ3n) is 4.14. The summed E-state index contributed by atoms with van der Waals surface area (Å²) in [5.74, 6) is -0.325. The van der Waals surface area contributed by atoms with Gasteiger partial charge in [0.1, 0.15) is 5.82 Å². The highest BCUT2D eigenvalue weighted by Gasteiger charge is 2.22. The average Bonchev–Trinajstić information content (AvgIpc) is 2.61. The maximum Gasteiger partial charge on any atom is 0.147 e. The van der Waals surface area contributed by atoms with Crippen LogP contribution in [0.3, 0.4) is 0 Å². The van der Waals surface area contributed by atoms with Crippen LogP contribution in [0.1, 0.15) is 24.1 Å². The van der Waals surface area contributed by atoms with Crippen molar-refractivity contribution in [2.45, 2.75) is 25.4 Å². The summed E-state index contributed by atoms with van der Waals surface area (Å²) in [5, 5.41) is 12.3. The van der Waals surface area contributed by atoms with E-state index in [1.807, 2.05) is 24.3 Å². The molecule has 1 aliphatic heterocycles. The van der Waals surface area contributed by atoms with Crippen LogP contribution in [0.2, 0.25) is 0 Å². The maximum atomic E-state index is 14.2. The van der Waals surface area contributed by atoms with Crippen molar-refractivity contribution in [2.75, 3.05) is 18.0 Å². The number of nitrogens with one attached hydrogen (secondary N) is 1. The molecule has 4 nitrogen and oxygen atoms in total. The Balaban J connectivity index is 1.63. The molecule has 0 unspecified atom stereocenters. The number of pyridine rings is 1. The summed E-state index contributed by atoms with van der Waals surface area (Å²) in [7, 11) is 0. The van der Waals surface area contributed by atoms with Crippen molar-refractivity contribution < 1.29 is 4.39 Å². The fourth-order valence-electron chi connectivity index (χ4n) is 2.95. The molecule has 1 aliphatic rings. The van der Waals surface area contributed by atoms with E-state index in [9.17, 15) is 4.39 Å². The predicted octanol–water partition coefficient (Wildman–Crippen LogP) is 2.85. The molecule has 0 bridgehead atoms. The topological polar surface area (TPSA) is 52.0 Å². The Kier molecular flexibility index (Phi) is 4.84. The van der Waals surface area contributed by atoms with Gasteiger partial charge >= 0.3 is 0 Å². The second-order valence-electron chi connectivity index (χ2n) is 5.77. The molecule has 5 heteroatoms. The minimum Gasteiger partial charge on any atom is -0.368 e. The number of anilines is 1. The first kappa shape index (κ1) is 15.4. The molecule has 1 atom stereocenters. The van der Waals surface area contributed by atoms with Crippen LogP contribution in [0.5, 0.6) is 0 Å². The van der Waals surface area contributed by atoms with Crippen LogP contribution in [0, 0.1) is 17.1 Å². The lowest BCUT2D eigenvalue weighted by Gasteiger charge is -2.35. The van der Waals surface area contributed by atoms with Gasteiger partial charge in [0.15, 0.2) is 0 Å². The van der Waals surface area contributed by atoms with Crippen molar-refractivity contribution in [1.82, 2.24) is 10.3 Å². The van der Waals surface area contributed by atoms with Gasteiger partial charge in [-0.1, -0.05) is 6.07 Å². The molecule has 23 heavy (non-hydrogen) atoms. The molecule has 1 aromatic carbocycles. The van der Waals surface area contributed by atoms with Gasteiger partial charge in [-0.2, -0.15) is 5.26 Å². The lowest BCUT2D eigenvalue weighted by atomic mass is 10.0. The molecule has 0 saturated carbocycles. The number of halogens is 1. The Morgan fingerprint density at radius 3 is 3.00 bits per heavy atom. The normalized spacial score (nSPS) is 17.7. The summed E-state index contributed by atoms with van der Waals surface area (Å²) in [5.41, 5.74) is 1.94. The first-order chi connectivity index (χ1) is 11.3. The van der Waals surface area contributed by atoms with Crippen molar-refractivity contribution in [3.8, 4) is 6.07 Å². The SMILES string of the molecule is N#Cc1ccc(N2CCC[C@@H](NCc3ccccn3)C2)c(F)c1. The van der Waals surface area contributed by atoms with Crippen LogP contribution < -0.4 is 10.2 Å². The standard InChI is InChI=1S/C18H19FN4/c19-17-10-14(11-20)6-7-18(17)23-9-3-5-16(13-23)22-12-15-4-1-2-8-21-15/h1-2,4,6-8,10,16,22H,3,5,9,12-13H2/t16-/m1/s1. The van der Waals surface area contributed by atoms with E-state index in [2.05, 4.69) is 15.2 Å². The number of hydrogen-bond acceptors (Lipinski definition) is 4. The zero-order valence-electron chi connectivity index (χ0n) is 12.9. The molecular weight excluding hydrogens is 291 g/mol. The number of benzene rings is 1. The molecule has 2 heterocycles. The van der Waals surface area contributed by atoms with Gasteiger partial charge in [0.25, 0.3) is 0 Å². The van der Waals surface area contributed by atoms with Gasteiger partial charge in [0.05, 0.1) is 23.0 Å². The summed E-state index contributed by atoms with van der Waals surface area (Å²) >= 11 is 0. The van der Waals surface area contributed by atoms with Crippen LogP contribution in [0.25, 0.3) is 0 Å². The van der Waals surface area contributed by atoms with Crippen molar-refractivity contribution in [2.24, 2.45) is 0 Å². The molecule has 0 spiro atoms. The summed E-state index contributed by atoms with van der Waals surface area (Å²) in [6.07, 6.45) is 3.87. The van der Waals surface area contributed by atoms with E-state index in [0.29, 0.717) is 17.3 Å². The number of nitrogens with zero attached hydrogens (tertiary/aromatic N) is 3. The number of nitriles is 1. The Labute approximate surface area is 135 Å². The van der Waals surface area contributed by atoms with Gasteiger partial charge in [-0.15, -0.1) is 0 Å². The first-order valence-corrected chi connectivity index (χ1v) is 7.84. The summed E-state index contributed by atoms with van der Waals surface area (Å²) in [6, 6.07) is 12.8. The second-order valence-corrected chi connectivity index (χ2v) is 5.77. The van der Waals surface area contributed by atoms with E-state index >= 15 is 0 Å². The van der Waals surface area contributed by atoms with Crippen molar-refractivity contribution in [3.05, 3.63) is 59.7 Å². The van der Waals surface area contributed by atoms with Crippen molar-refractivity contribution in [3.63, 3.8) is 0 Å². The van der Waals surface area contributed by atoms with Crippen molar-refractivity contribution >= 4 is 5.69 Å². The van der Waals surface area contributed by atoms with Crippen LogP contribution >= 0.6 is 0 Å². The van der Waals surface area contributed by atoms with Gasteiger partial charge in [0.2, 0.25) is 0 Å². The molecule has 2 aromatic rings. The molecule has 1 aromatic heterocycles. The Morgan fingerprint density at radius 1 is 1.35 bits per heavy atom. The zero-order chi connectivity index (χ0) is 16.1. The monoisotopic (exact) mass is 310 g/mol. The molecule has 1 N–H and O–H groups in total. The molecule has 0 radical (unpaired) electrons. The van der Waals surface area contributed by atoms with Gasteiger partial charge in [-0.05, 0) is 43.2 Å². The van der Waals surface area contributed by atoms with Crippen LogP contribution in [-0.4, -0.2) is 24.1 Å². The van der Waals surface area contributed by atoms with Gasteiger partial charge in [-0.3, -0.25) is 4.98 Å². The quantitative estimate of drug-likeness (QED) is 0.943. The van der Waals surface area contributed by atoms with Gasteiger partial charge in [-0.25, -0.2) is 4.39 Å². The largest absolute Gasteiger partial charge is 0.368 e. The molecule has 118 valence electrons. The molecular formula is C18H19FN4. The Hall–Kier alpha value is -2.45. The number of hydrogen-bond donors (Lipinski definition) is 1. The minimum atomic E-state index is -0.325. The molecule has 0 amide bonds. The third kappa shape index (κ3) is 3.85. The molecule has 0 aliphatic carbocycles. The third-order valence-corrected chi connectivity index (χ3v) is 4.14. The second kappa shape index (κ2) is 7.21. The van der Waals surface area contributed by atoms with E-state index < -0.39 is 0 Å². The minimum absolute atomic E-state index is 0.306. The predicted molar refractivity (Wildman–Crippen MR) is 87.4 cm³/mol. The number of aromatic nitrogens is 1. The lowest BCUT2D eigenvalue weighted by molar-refractivity contribution is 0.416. The Morgan fingerprint density at radius 2 is 2.26 bits per heavy atom. The van der Waals surface area contributed by atoms with E-state index in [1.165, 1.54) is 6.07 Å². The molecule has 1 fully saturated rings. The van der Waals surface area contributed by atoms with E-state index in [0.717, 1.165) is 38.2 Å². The highest BCUT2D eigenvalue weighted by Crippen LogP contribution is 2.24. The van der Waals surface area contributed by atoms with Crippen LogP contribution in [-0.2, 0) is 6.54 Å². The summed E-state index contributed by atoms with van der Waals surface area (Å²) in [6.45, 7) is 2.31. The highest BCUT2D eigenvalue weighted by molar-refractivity contribution is 5.51. The number of piperidine rings is 1. The molecule has 3 rings (SSSR count). The fraction of sp³-hybridized carbons (Fsp3) is 0.333. The Bertz CT molecular complexity index is 696. The summed E-state index contributed by atoms with van der Waals surface area (Å²) in [4.78, 5) is 6.36. The zero-order valence-corrected chi connectivity index (χ0v) is 12.9. The van der Waals surface area contributed by atoms with E-state index in [4.69, 9.17) is 5.26 Å². The number of rotatable bonds is 4. The summed E-state index contributed by atoms with van der Waals surface area (Å²) < 4.78 is 14.2. The molecule has 1 saturated heterocycles. The van der Waals surface area contributed by atoms with Crippen LogP contribution in [0.15, 0.2) is 42.6 Å².